The van der Waals surface area contributed by atoms with Crippen molar-refractivity contribution < 1.29 is 9.18 Å². The minimum absolute atomic E-state index is 0.0208. The van der Waals surface area contributed by atoms with Crippen LogP contribution in [0.5, 0.6) is 0 Å². The summed E-state index contributed by atoms with van der Waals surface area (Å²) >= 11 is 12.1. The Hall–Kier alpha value is -2.05. The lowest BCUT2D eigenvalue weighted by Crippen LogP contribution is -2.38. The van der Waals surface area contributed by atoms with Gasteiger partial charge in [0.2, 0.25) is 0 Å². The summed E-state index contributed by atoms with van der Waals surface area (Å²) in [7, 11) is 0. The van der Waals surface area contributed by atoms with Crippen LogP contribution < -0.4 is 10.2 Å². The third-order valence-electron chi connectivity index (χ3n) is 4.34. The molecule has 2 aromatic rings. The molecule has 1 N–H and O–H groups in total. The summed E-state index contributed by atoms with van der Waals surface area (Å²) in [5, 5.41) is 3.39. The fourth-order valence-corrected chi connectivity index (χ4v) is 3.33. The quantitative estimate of drug-likeness (QED) is 0.807. The molecule has 1 aliphatic heterocycles. The van der Waals surface area contributed by atoms with Crippen molar-refractivity contribution in [1.82, 2.24) is 9.88 Å². The number of pyridine rings is 1. The van der Waals surface area contributed by atoms with Gasteiger partial charge in [0.15, 0.2) is 0 Å². The molecule has 8 heteroatoms. The van der Waals surface area contributed by atoms with E-state index in [0.717, 1.165) is 24.3 Å². The van der Waals surface area contributed by atoms with Crippen molar-refractivity contribution in [3.8, 4) is 0 Å². The molecule has 3 rings (SSSR count). The number of benzene rings is 1. The fourth-order valence-electron chi connectivity index (χ4n) is 2.92. The highest BCUT2D eigenvalue weighted by molar-refractivity contribution is 6.33. The van der Waals surface area contributed by atoms with E-state index in [0.29, 0.717) is 30.3 Å². The maximum atomic E-state index is 13.2. The predicted molar refractivity (Wildman–Crippen MR) is 103 cm³/mol. The normalized spacial score (nSPS) is 14.9. The number of amides is 2. The van der Waals surface area contributed by atoms with E-state index < -0.39 is 5.82 Å². The van der Waals surface area contributed by atoms with Gasteiger partial charge in [-0.3, -0.25) is 4.98 Å². The van der Waals surface area contributed by atoms with Crippen molar-refractivity contribution in [2.24, 2.45) is 0 Å². The Bertz CT molecular complexity index is 818. The maximum absolute atomic E-state index is 13.2. The zero-order valence-corrected chi connectivity index (χ0v) is 15.8. The van der Waals surface area contributed by atoms with E-state index in [9.17, 15) is 9.18 Å². The molecule has 2 heterocycles. The van der Waals surface area contributed by atoms with Crippen molar-refractivity contribution in [2.45, 2.75) is 13.3 Å². The summed E-state index contributed by atoms with van der Waals surface area (Å²) in [6.45, 7) is 4.52. The zero-order valence-electron chi connectivity index (χ0n) is 14.3. The average Bonchev–Trinajstić information content (AvgIpc) is 2.87. The summed E-state index contributed by atoms with van der Waals surface area (Å²) in [5.74, 6) is -0.514. The van der Waals surface area contributed by atoms with Gasteiger partial charge in [-0.1, -0.05) is 23.2 Å². The van der Waals surface area contributed by atoms with Crippen LogP contribution in [-0.4, -0.2) is 42.1 Å². The Morgan fingerprint density at radius 1 is 1.19 bits per heavy atom. The molecule has 0 spiro atoms. The van der Waals surface area contributed by atoms with E-state index in [-0.39, 0.29) is 11.1 Å². The molecule has 1 fully saturated rings. The molecule has 2 amide bonds. The molecular formula is C18H19Cl2FN4O. The molecule has 0 saturated carbocycles. The first-order valence-corrected chi connectivity index (χ1v) is 9.08. The molecule has 1 saturated heterocycles. The second-order valence-corrected chi connectivity index (χ2v) is 6.90. The fraction of sp³-hybridized carbons (Fsp3) is 0.333. The van der Waals surface area contributed by atoms with Crippen LogP contribution in [0.3, 0.4) is 0 Å². The minimum Gasteiger partial charge on any atom is -0.368 e. The minimum atomic E-state index is -0.514. The first-order valence-electron chi connectivity index (χ1n) is 8.33. The molecule has 0 bridgehead atoms. The van der Waals surface area contributed by atoms with Gasteiger partial charge in [-0.25, -0.2) is 9.18 Å². The van der Waals surface area contributed by atoms with Crippen LogP contribution in [-0.2, 0) is 0 Å². The first kappa shape index (κ1) is 18.7. The number of carbonyl (C=O) groups is 1. The largest absolute Gasteiger partial charge is 0.368 e. The Kier molecular flexibility index (Phi) is 5.84. The number of hydrogen-bond acceptors (Lipinski definition) is 3. The van der Waals surface area contributed by atoms with Gasteiger partial charge in [0, 0.05) is 38.1 Å². The van der Waals surface area contributed by atoms with E-state index in [1.54, 1.807) is 11.1 Å². The Morgan fingerprint density at radius 2 is 2.00 bits per heavy atom. The van der Waals surface area contributed by atoms with Crippen LogP contribution in [0.1, 0.15) is 12.1 Å². The zero-order chi connectivity index (χ0) is 18.7. The molecule has 1 aliphatic rings. The van der Waals surface area contributed by atoms with E-state index in [1.807, 2.05) is 13.0 Å². The van der Waals surface area contributed by atoms with Gasteiger partial charge < -0.3 is 15.1 Å². The lowest BCUT2D eigenvalue weighted by atomic mass is 10.3. The third kappa shape index (κ3) is 4.19. The molecule has 0 radical (unpaired) electrons. The van der Waals surface area contributed by atoms with Crippen molar-refractivity contribution in [2.75, 3.05) is 36.4 Å². The number of hydrogen-bond donors (Lipinski definition) is 1. The molecular weight excluding hydrogens is 378 g/mol. The Morgan fingerprint density at radius 3 is 2.77 bits per heavy atom. The van der Waals surface area contributed by atoms with Crippen molar-refractivity contribution in [3.63, 3.8) is 0 Å². The molecule has 0 atom stereocenters. The highest BCUT2D eigenvalue weighted by Gasteiger charge is 2.21. The van der Waals surface area contributed by atoms with E-state index in [1.165, 1.54) is 18.2 Å². The third-order valence-corrected chi connectivity index (χ3v) is 5.09. The lowest BCUT2D eigenvalue weighted by molar-refractivity contribution is 0.215. The summed E-state index contributed by atoms with van der Waals surface area (Å²) in [4.78, 5) is 20.6. The highest BCUT2D eigenvalue weighted by atomic mass is 35.5. The summed E-state index contributed by atoms with van der Waals surface area (Å²) in [6, 6.07) is 5.79. The van der Waals surface area contributed by atoms with Gasteiger partial charge in [-0.2, -0.15) is 0 Å². The van der Waals surface area contributed by atoms with Gasteiger partial charge in [0.25, 0.3) is 0 Å². The highest BCUT2D eigenvalue weighted by Crippen LogP contribution is 2.28. The van der Waals surface area contributed by atoms with Crippen LogP contribution in [0.2, 0.25) is 10.0 Å². The summed E-state index contributed by atoms with van der Waals surface area (Å²) in [5.41, 5.74) is 2.19. The van der Waals surface area contributed by atoms with Crippen LogP contribution in [0.15, 0.2) is 30.5 Å². The van der Waals surface area contributed by atoms with Gasteiger partial charge >= 0.3 is 6.03 Å². The van der Waals surface area contributed by atoms with Gasteiger partial charge in [-0.15, -0.1) is 0 Å². The number of halogens is 3. The average molecular weight is 397 g/mol. The molecule has 1 aromatic carbocycles. The standard InChI is InChI=1S/C18H19Cl2FN4O/c1-12-17(20)16(5-6-22-12)24-7-2-8-25(10-9-24)18(26)23-13-3-4-15(21)14(19)11-13/h3-6,11H,2,7-10H2,1H3,(H,23,26). The number of carbonyl (C=O) groups excluding carboxylic acids is 1. The number of nitrogens with zero attached hydrogens (tertiary/aromatic N) is 3. The number of nitrogens with one attached hydrogen (secondary N) is 1. The second kappa shape index (κ2) is 8.10. The van der Waals surface area contributed by atoms with Crippen LogP contribution in [0.25, 0.3) is 0 Å². The molecule has 138 valence electrons. The smallest absolute Gasteiger partial charge is 0.321 e. The first-order chi connectivity index (χ1) is 12.5. The van der Waals surface area contributed by atoms with E-state index >= 15 is 0 Å². The topological polar surface area (TPSA) is 48.5 Å². The Labute approximate surface area is 161 Å². The number of anilines is 2. The SMILES string of the molecule is Cc1nccc(N2CCCN(C(=O)Nc3ccc(F)c(Cl)c3)CC2)c1Cl. The Balaban J connectivity index is 1.65. The number of rotatable bonds is 2. The predicted octanol–water partition coefficient (Wildman–Crippen LogP) is 4.58. The molecule has 26 heavy (non-hydrogen) atoms. The monoisotopic (exact) mass is 396 g/mol. The van der Waals surface area contributed by atoms with Gasteiger partial charge in [0.05, 0.1) is 21.4 Å². The van der Waals surface area contributed by atoms with Gasteiger partial charge in [-0.05, 0) is 37.6 Å². The van der Waals surface area contributed by atoms with E-state index in [4.69, 9.17) is 23.2 Å². The van der Waals surface area contributed by atoms with Crippen molar-refractivity contribution in [1.29, 1.82) is 0 Å². The maximum Gasteiger partial charge on any atom is 0.321 e. The van der Waals surface area contributed by atoms with Crippen molar-refractivity contribution >= 4 is 40.6 Å². The molecule has 0 unspecified atom stereocenters. The van der Waals surface area contributed by atoms with Crippen molar-refractivity contribution in [3.05, 3.63) is 52.0 Å². The lowest BCUT2D eigenvalue weighted by Gasteiger charge is -2.25. The summed E-state index contributed by atoms with van der Waals surface area (Å²) in [6.07, 6.45) is 2.56. The summed E-state index contributed by atoms with van der Waals surface area (Å²) < 4.78 is 13.2. The number of aromatic nitrogens is 1. The number of urea groups is 1. The molecule has 5 nitrogen and oxygen atoms in total. The molecule has 1 aromatic heterocycles. The van der Waals surface area contributed by atoms with Crippen LogP contribution >= 0.6 is 23.2 Å². The number of aryl methyl sites for hydroxylation is 1. The molecule has 0 aliphatic carbocycles. The second-order valence-electron chi connectivity index (χ2n) is 6.12. The van der Waals surface area contributed by atoms with E-state index in [2.05, 4.69) is 15.2 Å². The van der Waals surface area contributed by atoms with Crippen LogP contribution in [0.4, 0.5) is 20.6 Å². The van der Waals surface area contributed by atoms with Crippen LogP contribution in [0, 0.1) is 12.7 Å². The van der Waals surface area contributed by atoms with Gasteiger partial charge in [0.1, 0.15) is 5.82 Å².